The van der Waals surface area contributed by atoms with Crippen molar-refractivity contribution < 1.29 is 42.9 Å². The van der Waals surface area contributed by atoms with E-state index in [1.54, 1.807) is 61.5 Å². The normalized spacial score (nSPS) is 13.1. The van der Waals surface area contributed by atoms with E-state index in [4.69, 9.17) is 29.4 Å². The van der Waals surface area contributed by atoms with Gasteiger partial charge in [0.25, 0.3) is 0 Å². The molecule has 0 unspecified atom stereocenters. The van der Waals surface area contributed by atoms with Gasteiger partial charge in [-0.15, -0.1) is 0 Å². The molecule has 0 saturated carbocycles. The monoisotopic (exact) mass is 495 g/mol. The van der Waals surface area contributed by atoms with Crippen LogP contribution in [0.2, 0.25) is 0 Å². The van der Waals surface area contributed by atoms with Crippen LogP contribution in [0.3, 0.4) is 0 Å². The third kappa shape index (κ3) is 11.2. The summed E-state index contributed by atoms with van der Waals surface area (Å²) in [5.74, 6) is -2.35. The Morgan fingerprint density at radius 2 is 1.40 bits per heavy atom. The van der Waals surface area contributed by atoms with E-state index in [2.05, 4.69) is 0 Å². The van der Waals surface area contributed by atoms with Gasteiger partial charge in [0.1, 0.15) is 24.4 Å². The minimum atomic E-state index is -1.04. The van der Waals surface area contributed by atoms with Gasteiger partial charge in [-0.2, -0.15) is 0 Å². The molecule has 0 aliphatic rings. The Labute approximate surface area is 206 Å². The summed E-state index contributed by atoms with van der Waals surface area (Å²) in [5.41, 5.74) is 5.85. The molecular weight excluding hydrogens is 458 g/mol. The minimum absolute atomic E-state index is 0.0508. The second-order valence-corrected chi connectivity index (χ2v) is 9.77. The SMILES string of the molecule is CC(C)C(=O)Oc1ccc(C[C@H](N)C(=O)O[C@@H](C)COC(=O)OC(C)(C)C)cc1OC(=O)C(C)C. The lowest BCUT2D eigenvalue weighted by atomic mass is 10.1. The van der Waals surface area contributed by atoms with Crippen LogP contribution in [0, 0.1) is 11.8 Å². The fourth-order valence-corrected chi connectivity index (χ4v) is 2.42. The molecule has 0 aliphatic carbocycles. The number of carbonyl (C=O) groups excluding carboxylic acids is 4. The van der Waals surface area contributed by atoms with Crippen LogP contribution < -0.4 is 15.2 Å². The molecule has 0 spiro atoms. The van der Waals surface area contributed by atoms with Crippen molar-refractivity contribution >= 4 is 24.1 Å². The number of benzene rings is 1. The van der Waals surface area contributed by atoms with Crippen molar-refractivity contribution in [2.45, 2.75) is 79.6 Å². The van der Waals surface area contributed by atoms with Gasteiger partial charge in [-0.3, -0.25) is 14.4 Å². The van der Waals surface area contributed by atoms with Crippen LogP contribution in [-0.4, -0.2) is 48.4 Å². The Hall–Kier alpha value is -3.14. The van der Waals surface area contributed by atoms with Crippen molar-refractivity contribution in [3.8, 4) is 11.5 Å². The molecule has 0 fully saturated rings. The van der Waals surface area contributed by atoms with Gasteiger partial charge in [0.2, 0.25) is 0 Å². The van der Waals surface area contributed by atoms with Crippen LogP contribution in [0.25, 0.3) is 0 Å². The summed E-state index contributed by atoms with van der Waals surface area (Å²) >= 11 is 0. The number of nitrogens with two attached hydrogens (primary N) is 1. The average molecular weight is 496 g/mol. The quantitative estimate of drug-likeness (QED) is 0.378. The highest BCUT2D eigenvalue weighted by Gasteiger charge is 2.23. The number of hydrogen-bond acceptors (Lipinski definition) is 10. The van der Waals surface area contributed by atoms with Gasteiger partial charge in [-0.25, -0.2) is 4.79 Å². The van der Waals surface area contributed by atoms with Crippen molar-refractivity contribution in [1.82, 2.24) is 0 Å². The molecular formula is C25H37NO9. The first-order valence-corrected chi connectivity index (χ1v) is 11.5. The number of hydrogen-bond donors (Lipinski definition) is 1. The maximum absolute atomic E-state index is 12.4. The summed E-state index contributed by atoms with van der Waals surface area (Å²) < 4.78 is 25.9. The van der Waals surface area contributed by atoms with E-state index in [1.807, 2.05) is 0 Å². The van der Waals surface area contributed by atoms with Gasteiger partial charge < -0.3 is 29.4 Å². The fourth-order valence-electron chi connectivity index (χ4n) is 2.42. The molecule has 10 nitrogen and oxygen atoms in total. The maximum atomic E-state index is 12.4. The third-order valence-electron chi connectivity index (χ3n) is 4.27. The minimum Gasteiger partial charge on any atom is -0.458 e. The van der Waals surface area contributed by atoms with Crippen molar-refractivity contribution in [3.63, 3.8) is 0 Å². The van der Waals surface area contributed by atoms with Crippen LogP contribution in [0.1, 0.15) is 61.0 Å². The summed E-state index contributed by atoms with van der Waals surface area (Å²) in [6, 6.07) is 3.54. The molecule has 0 saturated heterocycles. The standard InChI is InChI=1S/C25H37NO9/c1-14(2)21(27)33-19-10-9-17(12-20(19)34-22(28)15(3)4)11-18(26)23(29)32-16(5)13-31-24(30)35-25(6,7)8/h9-10,12,14-16,18H,11,13,26H2,1-8H3/t16-,18-/m0/s1. The number of esters is 3. The van der Waals surface area contributed by atoms with Gasteiger partial charge in [0.15, 0.2) is 11.5 Å². The lowest BCUT2D eigenvalue weighted by molar-refractivity contribution is -0.152. The summed E-state index contributed by atoms with van der Waals surface area (Å²) in [6.07, 6.45) is -1.56. The molecule has 0 aromatic heterocycles. The topological polar surface area (TPSA) is 140 Å². The van der Waals surface area contributed by atoms with E-state index in [9.17, 15) is 19.2 Å². The highest BCUT2D eigenvalue weighted by atomic mass is 16.7. The second kappa shape index (κ2) is 13.1. The van der Waals surface area contributed by atoms with Crippen LogP contribution in [-0.2, 0) is 35.0 Å². The zero-order valence-electron chi connectivity index (χ0n) is 21.7. The summed E-state index contributed by atoms with van der Waals surface area (Å²) in [6.45, 7) is 13.2. The Morgan fingerprint density at radius 1 is 0.857 bits per heavy atom. The molecule has 0 aliphatic heterocycles. The third-order valence-corrected chi connectivity index (χ3v) is 4.27. The molecule has 1 aromatic carbocycles. The highest BCUT2D eigenvalue weighted by Crippen LogP contribution is 2.30. The first kappa shape index (κ1) is 29.9. The number of ether oxygens (including phenoxy) is 5. The van der Waals surface area contributed by atoms with Crippen molar-refractivity contribution in [2.24, 2.45) is 17.6 Å². The molecule has 2 N–H and O–H groups in total. The Morgan fingerprint density at radius 3 is 1.91 bits per heavy atom. The molecule has 10 heteroatoms. The lowest BCUT2D eigenvalue weighted by Crippen LogP contribution is -2.37. The lowest BCUT2D eigenvalue weighted by Gasteiger charge is -2.21. The van der Waals surface area contributed by atoms with E-state index in [0.717, 1.165) is 0 Å². The molecule has 1 rings (SSSR count). The van der Waals surface area contributed by atoms with Crippen LogP contribution >= 0.6 is 0 Å². The largest absolute Gasteiger partial charge is 0.508 e. The van der Waals surface area contributed by atoms with Crippen LogP contribution in [0.5, 0.6) is 11.5 Å². The zero-order chi connectivity index (χ0) is 26.9. The molecule has 0 heterocycles. The molecule has 2 atom stereocenters. The highest BCUT2D eigenvalue weighted by molar-refractivity contribution is 5.78. The fraction of sp³-hybridized carbons (Fsp3) is 0.600. The van der Waals surface area contributed by atoms with Crippen molar-refractivity contribution in [3.05, 3.63) is 23.8 Å². The Bertz CT molecular complexity index is 903. The number of carbonyl (C=O) groups is 4. The number of rotatable bonds is 10. The zero-order valence-corrected chi connectivity index (χ0v) is 21.7. The second-order valence-electron chi connectivity index (χ2n) is 9.77. The van der Waals surface area contributed by atoms with Crippen LogP contribution in [0.4, 0.5) is 4.79 Å². The summed E-state index contributed by atoms with van der Waals surface area (Å²) in [5, 5.41) is 0. The summed E-state index contributed by atoms with van der Waals surface area (Å²) in [4.78, 5) is 48.2. The molecule has 0 amide bonds. The molecule has 0 bridgehead atoms. The van der Waals surface area contributed by atoms with Gasteiger partial charge in [0, 0.05) is 0 Å². The predicted molar refractivity (Wildman–Crippen MR) is 127 cm³/mol. The van der Waals surface area contributed by atoms with Crippen LogP contribution in [0.15, 0.2) is 18.2 Å². The molecule has 196 valence electrons. The predicted octanol–water partition coefficient (Wildman–Crippen LogP) is 3.56. The van der Waals surface area contributed by atoms with Crippen molar-refractivity contribution in [1.29, 1.82) is 0 Å². The Kier molecular flexibility index (Phi) is 11.2. The molecule has 35 heavy (non-hydrogen) atoms. The van der Waals surface area contributed by atoms with Gasteiger partial charge in [-0.05, 0) is 51.8 Å². The average Bonchev–Trinajstić information content (AvgIpc) is 2.72. The van der Waals surface area contributed by atoms with Crippen molar-refractivity contribution in [2.75, 3.05) is 6.61 Å². The van der Waals surface area contributed by atoms with Gasteiger partial charge >= 0.3 is 24.1 Å². The van der Waals surface area contributed by atoms with E-state index in [-0.39, 0.29) is 30.4 Å². The van der Waals surface area contributed by atoms with E-state index in [0.29, 0.717) is 5.56 Å². The molecule has 1 aromatic rings. The van der Waals surface area contributed by atoms with Gasteiger partial charge in [-0.1, -0.05) is 33.8 Å². The maximum Gasteiger partial charge on any atom is 0.508 e. The first-order chi connectivity index (χ1) is 16.1. The smallest absolute Gasteiger partial charge is 0.458 e. The molecule has 0 radical (unpaired) electrons. The van der Waals surface area contributed by atoms with E-state index in [1.165, 1.54) is 12.1 Å². The first-order valence-electron chi connectivity index (χ1n) is 11.5. The summed E-state index contributed by atoms with van der Waals surface area (Å²) in [7, 11) is 0. The van der Waals surface area contributed by atoms with E-state index < -0.39 is 47.7 Å². The Balaban J connectivity index is 2.82. The van der Waals surface area contributed by atoms with E-state index >= 15 is 0 Å². The van der Waals surface area contributed by atoms with Gasteiger partial charge in [0.05, 0.1) is 11.8 Å².